The molecule has 0 unspecified atom stereocenters. The number of benzene rings is 1. The number of hydrogen-bond acceptors (Lipinski definition) is 1. The second-order valence-corrected chi connectivity index (χ2v) is 3.41. The van der Waals surface area contributed by atoms with E-state index in [1.54, 1.807) is 7.11 Å². The van der Waals surface area contributed by atoms with Crippen molar-refractivity contribution in [2.45, 2.75) is 32.6 Å². The summed E-state index contributed by atoms with van der Waals surface area (Å²) in [6, 6.07) is 4.74. The van der Waals surface area contributed by atoms with Gasteiger partial charge in [-0.25, -0.2) is 4.39 Å². The zero-order chi connectivity index (χ0) is 10.4. The highest BCUT2D eigenvalue weighted by Crippen LogP contribution is 2.21. The second kappa shape index (κ2) is 5.63. The summed E-state index contributed by atoms with van der Waals surface area (Å²) in [6.45, 7) is 2.17. The highest BCUT2D eigenvalue weighted by Gasteiger charge is 2.03. The van der Waals surface area contributed by atoms with Crippen molar-refractivity contribution in [1.29, 1.82) is 0 Å². The topological polar surface area (TPSA) is 9.23 Å². The molecular weight excluding hydrogens is 179 g/mol. The van der Waals surface area contributed by atoms with E-state index in [-0.39, 0.29) is 5.82 Å². The first-order valence-electron chi connectivity index (χ1n) is 5.10. The van der Waals surface area contributed by atoms with Crippen molar-refractivity contribution in [1.82, 2.24) is 0 Å². The van der Waals surface area contributed by atoms with Crippen LogP contribution in [0.4, 0.5) is 4.39 Å². The lowest BCUT2D eigenvalue weighted by atomic mass is 10.1. The lowest BCUT2D eigenvalue weighted by Crippen LogP contribution is -1.93. The Hall–Kier alpha value is -1.05. The molecule has 14 heavy (non-hydrogen) atoms. The fourth-order valence-electron chi connectivity index (χ4n) is 1.49. The van der Waals surface area contributed by atoms with E-state index in [1.165, 1.54) is 25.0 Å². The molecule has 0 aliphatic carbocycles. The summed E-state index contributed by atoms with van der Waals surface area (Å²) in [5.74, 6) is 0.433. The molecule has 0 bridgehead atoms. The quantitative estimate of drug-likeness (QED) is 0.654. The van der Waals surface area contributed by atoms with E-state index in [4.69, 9.17) is 4.74 Å². The SMILES string of the molecule is CCCCCc1ccc(F)cc1OC. The summed E-state index contributed by atoms with van der Waals surface area (Å²) in [6.07, 6.45) is 4.51. The maximum atomic E-state index is 12.8. The van der Waals surface area contributed by atoms with Gasteiger partial charge >= 0.3 is 0 Å². The summed E-state index contributed by atoms with van der Waals surface area (Å²) in [5, 5.41) is 0. The van der Waals surface area contributed by atoms with Gasteiger partial charge in [-0.2, -0.15) is 0 Å². The van der Waals surface area contributed by atoms with Gasteiger partial charge in [-0.05, 0) is 24.5 Å². The van der Waals surface area contributed by atoms with Crippen molar-refractivity contribution >= 4 is 0 Å². The van der Waals surface area contributed by atoms with Crippen LogP contribution < -0.4 is 4.74 Å². The van der Waals surface area contributed by atoms with Crippen molar-refractivity contribution in [3.8, 4) is 5.75 Å². The van der Waals surface area contributed by atoms with E-state index in [1.807, 2.05) is 6.07 Å². The molecule has 1 rings (SSSR count). The zero-order valence-electron chi connectivity index (χ0n) is 8.85. The maximum absolute atomic E-state index is 12.8. The molecule has 1 nitrogen and oxygen atoms in total. The highest BCUT2D eigenvalue weighted by atomic mass is 19.1. The van der Waals surface area contributed by atoms with Crippen LogP contribution in [-0.4, -0.2) is 7.11 Å². The zero-order valence-corrected chi connectivity index (χ0v) is 8.85. The standard InChI is InChI=1S/C12H17FO/c1-3-4-5-6-10-7-8-11(13)9-12(10)14-2/h7-9H,3-6H2,1-2H3. The highest BCUT2D eigenvalue weighted by molar-refractivity contribution is 5.33. The molecule has 0 N–H and O–H groups in total. The molecular formula is C12H17FO. The molecule has 0 atom stereocenters. The van der Waals surface area contributed by atoms with E-state index >= 15 is 0 Å². The molecule has 0 aliphatic heterocycles. The molecule has 0 saturated carbocycles. The third-order valence-corrected chi connectivity index (χ3v) is 2.30. The number of unbranched alkanes of at least 4 members (excludes halogenated alkanes) is 2. The van der Waals surface area contributed by atoms with Crippen LogP contribution in [0.3, 0.4) is 0 Å². The van der Waals surface area contributed by atoms with Gasteiger partial charge in [-0.1, -0.05) is 25.8 Å². The minimum atomic E-state index is -0.235. The number of hydrogen-bond donors (Lipinski definition) is 0. The molecule has 2 heteroatoms. The first kappa shape index (κ1) is 11.0. The first-order chi connectivity index (χ1) is 6.77. The number of halogens is 1. The molecule has 1 aromatic carbocycles. The number of aryl methyl sites for hydroxylation is 1. The minimum absolute atomic E-state index is 0.235. The lowest BCUT2D eigenvalue weighted by Gasteiger charge is -2.07. The Morgan fingerprint density at radius 3 is 2.71 bits per heavy atom. The molecule has 0 spiro atoms. The van der Waals surface area contributed by atoms with Gasteiger partial charge in [0.1, 0.15) is 11.6 Å². The van der Waals surface area contributed by atoms with Crippen molar-refractivity contribution in [3.05, 3.63) is 29.6 Å². The Morgan fingerprint density at radius 1 is 1.29 bits per heavy atom. The van der Waals surface area contributed by atoms with E-state index < -0.39 is 0 Å². The molecule has 0 amide bonds. The average molecular weight is 196 g/mol. The number of rotatable bonds is 5. The summed E-state index contributed by atoms with van der Waals surface area (Å²) in [5.41, 5.74) is 1.10. The largest absolute Gasteiger partial charge is 0.496 e. The van der Waals surface area contributed by atoms with Crippen LogP contribution in [0.1, 0.15) is 31.7 Å². The van der Waals surface area contributed by atoms with Gasteiger partial charge in [-0.15, -0.1) is 0 Å². The fraction of sp³-hybridized carbons (Fsp3) is 0.500. The molecule has 78 valence electrons. The molecule has 1 aromatic rings. The fourth-order valence-corrected chi connectivity index (χ4v) is 1.49. The van der Waals surface area contributed by atoms with E-state index in [2.05, 4.69) is 6.92 Å². The van der Waals surface area contributed by atoms with Gasteiger partial charge in [0.05, 0.1) is 7.11 Å². The van der Waals surface area contributed by atoms with E-state index in [0.717, 1.165) is 18.4 Å². The Bertz CT molecular complexity index is 284. The van der Waals surface area contributed by atoms with Crippen LogP contribution in [0.5, 0.6) is 5.75 Å². The summed E-state index contributed by atoms with van der Waals surface area (Å²) in [4.78, 5) is 0. The third kappa shape index (κ3) is 3.02. The van der Waals surface area contributed by atoms with Gasteiger partial charge in [0.15, 0.2) is 0 Å². The lowest BCUT2D eigenvalue weighted by molar-refractivity contribution is 0.405. The predicted molar refractivity (Wildman–Crippen MR) is 56.2 cm³/mol. The second-order valence-electron chi connectivity index (χ2n) is 3.41. The van der Waals surface area contributed by atoms with Gasteiger partial charge in [0.25, 0.3) is 0 Å². The first-order valence-corrected chi connectivity index (χ1v) is 5.10. The van der Waals surface area contributed by atoms with Gasteiger partial charge < -0.3 is 4.74 Å². The molecule has 0 heterocycles. The maximum Gasteiger partial charge on any atom is 0.126 e. The average Bonchev–Trinajstić information content (AvgIpc) is 2.20. The predicted octanol–water partition coefficient (Wildman–Crippen LogP) is 3.57. The van der Waals surface area contributed by atoms with Crippen molar-refractivity contribution in [2.75, 3.05) is 7.11 Å². The molecule has 0 aromatic heterocycles. The smallest absolute Gasteiger partial charge is 0.126 e. The van der Waals surface area contributed by atoms with E-state index in [9.17, 15) is 4.39 Å². The Kier molecular flexibility index (Phi) is 4.44. The number of ether oxygens (including phenoxy) is 1. The van der Waals surface area contributed by atoms with Crippen molar-refractivity contribution < 1.29 is 9.13 Å². The molecule has 0 aliphatic rings. The van der Waals surface area contributed by atoms with Crippen LogP contribution in [0.15, 0.2) is 18.2 Å². The van der Waals surface area contributed by atoms with Crippen molar-refractivity contribution in [2.24, 2.45) is 0 Å². The summed E-state index contributed by atoms with van der Waals surface area (Å²) < 4.78 is 18.0. The minimum Gasteiger partial charge on any atom is -0.496 e. The molecule has 0 saturated heterocycles. The van der Waals surface area contributed by atoms with Crippen LogP contribution in [0.25, 0.3) is 0 Å². The Morgan fingerprint density at radius 2 is 2.07 bits per heavy atom. The Balaban J connectivity index is 2.65. The van der Waals surface area contributed by atoms with E-state index in [0.29, 0.717) is 5.75 Å². The van der Waals surface area contributed by atoms with Gasteiger partial charge in [0, 0.05) is 6.07 Å². The summed E-state index contributed by atoms with van der Waals surface area (Å²) in [7, 11) is 1.58. The third-order valence-electron chi connectivity index (χ3n) is 2.30. The van der Waals surface area contributed by atoms with Gasteiger partial charge in [0.2, 0.25) is 0 Å². The molecule has 0 fully saturated rings. The normalized spacial score (nSPS) is 10.2. The van der Waals surface area contributed by atoms with Crippen molar-refractivity contribution in [3.63, 3.8) is 0 Å². The molecule has 0 radical (unpaired) electrons. The Labute approximate surface area is 84.9 Å². The monoisotopic (exact) mass is 196 g/mol. The summed E-state index contributed by atoms with van der Waals surface area (Å²) >= 11 is 0. The van der Waals surface area contributed by atoms with Crippen LogP contribution in [-0.2, 0) is 6.42 Å². The van der Waals surface area contributed by atoms with Crippen LogP contribution >= 0.6 is 0 Å². The van der Waals surface area contributed by atoms with Crippen LogP contribution in [0, 0.1) is 5.82 Å². The number of methoxy groups -OCH3 is 1. The van der Waals surface area contributed by atoms with Gasteiger partial charge in [-0.3, -0.25) is 0 Å². The van der Waals surface area contributed by atoms with Crippen LogP contribution in [0.2, 0.25) is 0 Å².